The molecule has 0 saturated heterocycles. The normalized spacial score (nSPS) is 10.1. The highest BCUT2D eigenvalue weighted by Gasteiger charge is 1.99. The third-order valence-corrected chi connectivity index (χ3v) is 4.56. The Kier molecular flexibility index (Phi) is 13.2. The first-order chi connectivity index (χ1) is 15.0. The van der Waals surface area contributed by atoms with E-state index in [9.17, 15) is 0 Å². The van der Waals surface area contributed by atoms with Crippen molar-refractivity contribution in [2.24, 2.45) is 0 Å². The van der Waals surface area contributed by atoms with E-state index in [4.69, 9.17) is 20.0 Å². The van der Waals surface area contributed by atoms with Gasteiger partial charge in [0.1, 0.15) is 18.1 Å². The van der Waals surface area contributed by atoms with E-state index < -0.39 is 0 Å². The van der Waals surface area contributed by atoms with Gasteiger partial charge >= 0.3 is 0 Å². The molecule has 0 unspecified atom stereocenters. The standard InChI is InChI=1S/C13H18N2O.C12H16N2O/c1-3-15(4-2)9-10-16-13-7-5-12(11-14)6-8-13;1-14(2)8-3-9-15-12-6-4-11(10-13)5-7-12/h5-8H,3-4,9-10H2,1-2H3;4-7H,3,8-9H2,1-2H3. The van der Waals surface area contributed by atoms with E-state index in [1.165, 1.54) is 0 Å². The van der Waals surface area contributed by atoms with Gasteiger partial charge in [-0.2, -0.15) is 10.5 Å². The number of hydrogen-bond acceptors (Lipinski definition) is 6. The number of ether oxygens (including phenoxy) is 2. The number of rotatable bonds is 11. The van der Waals surface area contributed by atoms with Gasteiger partial charge in [-0.25, -0.2) is 0 Å². The summed E-state index contributed by atoms with van der Waals surface area (Å²) in [4.78, 5) is 4.44. The third kappa shape index (κ3) is 11.6. The first kappa shape index (κ1) is 26.0. The molecule has 2 aromatic rings. The van der Waals surface area contributed by atoms with Gasteiger partial charge in [-0.1, -0.05) is 13.8 Å². The van der Waals surface area contributed by atoms with Crippen LogP contribution in [0.2, 0.25) is 0 Å². The van der Waals surface area contributed by atoms with Crippen LogP contribution < -0.4 is 9.47 Å². The zero-order chi connectivity index (χ0) is 22.9. The molecule has 0 aliphatic rings. The molecule has 31 heavy (non-hydrogen) atoms. The van der Waals surface area contributed by atoms with Crippen LogP contribution in [-0.4, -0.2) is 63.3 Å². The van der Waals surface area contributed by atoms with E-state index in [2.05, 4.69) is 35.8 Å². The Labute approximate surface area is 187 Å². The molecule has 0 N–H and O–H groups in total. The molecule has 0 bridgehead atoms. The van der Waals surface area contributed by atoms with Crippen LogP contribution in [0.5, 0.6) is 11.5 Å². The van der Waals surface area contributed by atoms with Gasteiger partial charge in [0.2, 0.25) is 0 Å². The molecule has 6 heteroatoms. The largest absolute Gasteiger partial charge is 0.494 e. The predicted octanol–water partition coefficient (Wildman–Crippen LogP) is 4.17. The van der Waals surface area contributed by atoms with Crippen LogP contribution >= 0.6 is 0 Å². The number of benzene rings is 2. The summed E-state index contributed by atoms with van der Waals surface area (Å²) in [7, 11) is 4.09. The lowest BCUT2D eigenvalue weighted by Crippen LogP contribution is -2.27. The highest BCUT2D eigenvalue weighted by Crippen LogP contribution is 2.12. The van der Waals surface area contributed by atoms with Crippen molar-refractivity contribution in [1.82, 2.24) is 9.80 Å². The van der Waals surface area contributed by atoms with E-state index in [1.54, 1.807) is 24.3 Å². The maximum atomic E-state index is 8.64. The molecule has 2 rings (SSSR count). The van der Waals surface area contributed by atoms with Gasteiger partial charge in [-0.3, -0.25) is 0 Å². The quantitative estimate of drug-likeness (QED) is 0.506. The fourth-order valence-corrected chi connectivity index (χ4v) is 2.65. The minimum atomic E-state index is 0.663. The summed E-state index contributed by atoms with van der Waals surface area (Å²) in [5, 5.41) is 17.3. The van der Waals surface area contributed by atoms with Crippen molar-refractivity contribution in [3.8, 4) is 23.6 Å². The second-order valence-electron chi connectivity index (χ2n) is 7.15. The molecule has 6 nitrogen and oxygen atoms in total. The van der Waals surface area contributed by atoms with Crippen molar-refractivity contribution in [2.45, 2.75) is 20.3 Å². The van der Waals surface area contributed by atoms with Crippen LogP contribution in [0.4, 0.5) is 0 Å². The SMILES string of the molecule is CCN(CC)CCOc1ccc(C#N)cc1.CN(C)CCCOc1ccc(C#N)cc1. The fourth-order valence-electron chi connectivity index (χ4n) is 2.65. The van der Waals surface area contributed by atoms with E-state index in [-0.39, 0.29) is 0 Å². The molecule has 0 spiro atoms. The summed E-state index contributed by atoms with van der Waals surface area (Å²) in [6.07, 6.45) is 1.01. The van der Waals surface area contributed by atoms with Crippen LogP contribution in [0, 0.1) is 22.7 Å². The lowest BCUT2D eigenvalue weighted by molar-refractivity contribution is 0.223. The number of hydrogen-bond donors (Lipinski definition) is 0. The van der Waals surface area contributed by atoms with E-state index in [0.717, 1.165) is 44.1 Å². The molecule has 0 heterocycles. The zero-order valence-corrected chi connectivity index (χ0v) is 19.2. The van der Waals surface area contributed by atoms with E-state index in [1.807, 2.05) is 38.4 Å². The van der Waals surface area contributed by atoms with Crippen molar-refractivity contribution in [1.29, 1.82) is 10.5 Å². The first-order valence-electron chi connectivity index (χ1n) is 10.6. The highest BCUT2D eigenvalue weighted by atomic mass is 16.5. The molecule has 166 valence electrons. The molecule has 0 fully saturated rings. The van der Waals surface area contributed by atoms with Gasteiger partial charge < -0.3 is 19.3 Å². The lowest BCUT2D eigenvalue weighted by Gasteiger charge is -2.17. The molecule has 0 aliphatic carbocycles. The number of likely N-dealkylation sites (N-methyl/N-ethyl adjacent to an activating group) is 1. The minimum absolute atomic E-state index is 0.663. The minimum Gasteiger partial charge on any atom is -0.494 e. The Morgan fingerprint density at radius 1 is 0.710 bits per heavy atom. The zero-order valence-electron chi connectivity index (χ0n) is 19.2. The maximum Gasteiger partial charge on any atom is 0.119 e. The Morgan fingerprint density at radius 2 is 1.16 bits per heavy atom. The fraction of sp³-hybridized carbons (Fsp3) is 0.440. The summed E-state index contributed by atoms with van der Waals surface area (Å²) < 4.78 is 11.1. The van der Waals surface area contributed by atoms with E-state index >= 15 is 0 Å². The summed E-state index contributed by atoms with van der Waals surface area (Å²) in [5.74, 6) is 1.65. The summed E-state index contributed by atoms with van der Waals surface area (Å²) >= 11 is 0. The lowest BCUT2D eigenvalue weighted by atomic mass is 10.2. The van der Waals surface area contributed by atoms with Crippen LogP contribution in [0.1, 0.15) is 31.4 Å². The molecule has 0 aliphatic heterocycles. The number of nitrogens with zero attached hydrogens (tertiary/aromatic N) is 4. The molecular formula is C25H34N4O2. The predicted molar refractivity (Wildman–Crippen MR) is 124 cm³/mol. The Morgan fingerprint density at radius 3 is 1.55 bits per heavy atom. The Hall–Kier alpha value is -3.06. The molecule has 0 atom stereocenters. The average Bonchev–Trinajstić information content (AvgIpc) is 2.81. The summed E-state index contributed by atoms with van der Waals surface area (Å²) in [5.41, 5.74) is 1.33. The number of nitriles is 2. The smallest absolute Gasteiger partial charge is 0.119 e. The monoisotopic (exact) mass is 422 g/mol. The topological polar surface area (TPSA) is 72.5 Å². The van der Waals surface area contributed by atoms with E-state index in [0.29, 0.717) is 24.3 Å². The van der Waals surface area contributed by atoms with Gasteiger partial charge in [0.05, 0.1) is 29.9 Å². The van der Waals surface area contributed by atoms with Crippen molar-refractivity contribution in [2.75, 3.05) is 53.5 Å². The van der Waals surface area contributed by atoms with Crippen LogP contribution in [0.3, 0.4) is 0 Å². The van der Waals surface area contributed by atoms with Crippen molar-refractivity contribution < 1.29 is 9.47 Å². The molecule has 0 saturated carbocycles. The van der Waals surface area contributed by atoms with Gasteiger partial charge in [0.15, 0.2) is 0 Å². The van der Waals surface area contributed by atoms with Gasteiger partial charge in [0, 0.05) is 13.1 Å². The molecule has 2 aromatic carbocycles. The first-order valence-corrected chi connectivity index (χ1v) is 10.6. The highest BCUT2D eigenvalue weighted by molar-refractivity contribution is 5.35. The summed E-state index contributed by atoms with van der Waals surface area (Å²) in [6.45, 7) is 9.75. The Balaban J connectivity index is 0.000000311. The van der Waals surface area contributed by atoms with Crippen molar-refractivity contribution in [3.63, 3.8) is 0 Å². The van der Waals surface area contributed by atoms with Gasteiger partial charge in [-0.05, 0) is 82.1 Å². The van der Waals surface area contributed by atoms with Crippen LogP contribution in [0.15, 0.2) is 48.5 Å². The Bertz CT molecular complexity index is 801. The van der Waals surface area contributed by atoms with Crippen molar-refractivity contribution >= 4 is 0 Å². The van der Waals surface area contributed by atoms with Crippen molar-refractivity contribution in [3.05, 3.63) is 59.7 Å². The molecule has 0 radical (unpaired) electrons. The van der Waals surface area contributed by atoms with Gasteiger partial charge in [-0.15, -0.1) is 0 Å². The molecular weight excluding hydrogens is 388 g/mol. The molecule has 0 aromatic heterocycles. The second-order valence-corrected chi connectivity index (χ2v) is 7.15. The average molecular weight is 423 g/mol. The van der Waals surface area contributed by atoms with Crippen LogP contribution in [0.25, 0.3) is 0 Å². The summed E-state index contributed by atoms with van der Waals surface area (Å²) in [6, 6.07) is 18.6. The third-order valence-electron chi connectivity index (χ3n) is 4.56. The maximum absolute atomic E-state index is 8.64. The second kappa shape index (κ2) is 15.7. The van der Waals surface area contributed by atoms with Gasteiger partial charge in [0.25, 0.3) is 0 Å². The molecule has 0 amide bonds. The van der Waals surface area contributed by atoms with Crippen LogP contribution in [-0.2, 0) is 0 Å².